The molecule has 3 nitrogen and oxygen atoms in total. The third-order valence-electron chi connectivity index (χ3n) is 4.46. The van der Waals surface area contributed by atoms with E-state index in [2.05, 4.69) is 24.1 Å². The van der Waals surface area contributed by atoms with Crippen molar-refractivity contribution >= 4 is 5.91 Å². The van der Waals surface area contributed by atoms with Crippen LogP contribution >= 0.6 is 0 Å². The van der Waals surface area contributed by atoms with E-state index >= 15 is 0 Å². The third-order valence-corrected chi connectivity index (χ3v) is 4.46. The van der Waals surface area contributed by atoms with Crippen LogP contribution in [0, 0.1) is 5.92 Å². The number of rotatable bonds is 4. The molecule has 1 saturated carbocycles. The SMILES string of the molecule is CCCC1NCN(C2CCCCC2CC)C1=O. The van der Waals surface area contributed by atoms with E-state index in [4.69, 9.17) is 0 Å². The largest absolute Gasteiger partial charge is 0.325 e. The molecule has 2 fully saturated rings. The molecule has 2 aliphatic rings. The van der Waals surface area contributed by atoms with E-state index in [1.807, 2.05) is 0 Å². The topological polar surface area (TPSA) is 32.3 Å². The van der Waals surface area contributed by atoms with Crippen molar-refractivity contribution in [1.82, 2.24) is 10.2 Å². The van der Waals surface area contributed by atoms with Crippen molar-refractivity contribution in [2.45, 2.75) is 70.9 Å². The van der Waals surface area contributed by atoms with E-state index in [-0.39, 0.29) is 6.04 Å². The van der Waals surface area contributed by atoms with E-state index in [0.717, 1.165) is 25.4 Å². The quantitative estimate of drug-likeness (QED) is 0.816. The van der Waals surface area contributed by atoms with Crippen LogP contribution < -0.4 is 5.32 Å². The van der Waals surface area contributed by atoms with Crippen LogP contribution in [-0.4, -0.2) is 29.6 Å². The molecule has 1 saturated heterocycles. The molecule has 1 amide bonds. The highest BCUT2D eigenvalue weighted by Gasteiger charge is 2.38. The second-order valence-electron chi connectivity index (χ2n) is 5.53. The Morgan fingerprint density at radius 3 is 2.76 bits per heavy atom. The lowest BCUT2D eigenvalue weighted by Crippen LogP contribution is -2.44. The van der Waals surface area contributed by atoms with E-state index in [1.54, 1.807) is 0 Å². The summed E-state index contributed by atoms with van der Waals surface area (Å²) in [7, 11) is 0. The van der Waals surface area contributed by atoms with Crippen LogP contribution in [0.15, 0.2) is 0 Å². The van der Waals surface area contributed by atoms with Gasteiger partial charge in [-0.15, -0.1) is 0 Å². The molecule has 3 atom stereocenters. The first kappa shape index (κ1) is 12.9. The summed E-state index contributed by atoms with van der Waals surface area (Å²) >= 11 is 0. The fourth-order valence-corrected chi connectivity index (χ4v) is 3.44. The summed E-state index contributed by atoms with van der Waals surface area (Å²) < 4.78 is 0. The van der Waals surface area contributed by atoms with Crippen LogP contribution in [0.3, 0.4) is 0 Å². The maximum atomic E-state index is 12.3. The first-order valence-electron chi connectivity index (χ1n) is 7.31. The van der Waals surface area contributed by atoms with Crippen molar-refractivity contribution in [3.63, 3.8) is 0 Å². The highest BCUT2D eigenvalue weighted by molar-refractivity contribution is 5.84. The summed E-state index contributed by atoms with van der Waals surface area (Å²) in [6.45, 7) is 5.19. The molecular formula is C14H26N2O. The number of carbonyl (C=O) groups excluding carboxylic acids is 1. The summed E-state index contributed by atoms with van der Waals surface area (Å²) in [6.07, 6.45) is 8.45. The molecule has 2 rings (SSSR count). The zero-order chi connectivity index (χ0) is 12.3. The van der Waals surface area contributed by atoms with Gasteiger partial charge in [0.05, 0.1) is 12.7 Å². The lowest BCUT2D eigenvalue weighted by atomic mass is 9.82. The Balaban J connectivity index is 1.99. The minimum Gasteiger partial charge on any atom is -0.325 e. The van der Waals surface area contributed by atoms with Gasteiger partial charge in [-0.05, 0) is 25.2 Å². The summed E-state index contributed by atoms with van der Waals surface area (Å²) in [5.74, 6) is 1.09. The van der Waals surface area contributed by atoms with Gasteiger partial charge in [-0.25, -0.2) is 0 Å². The molecule has 98 valence electrons. The Labute approximate surface area is 105 Å². The highest BCUT2D eigenvalue weighted by atomic mass is 16.2. The Morgan fingerprint density at radius 1 is 1.29 bits per heavy atom. The van der Waals surface area contributed by atoms with Crippen molar-refractivity contribution in [2.24, 2.45) is 5.92 Å². The molecule has 3 heteroatoms. The molecule has 1 heterocycles. The number of hydrogen-bond acceptors (Lipinski definition) is 2. The molecule has 1 N–H and O–H groups in total. The second kappa shape index (κ2) is 5.85. The Hall–Kier alpha value is -0.570. The number of hydrogen-bond donors (Lipinski definition) is 1. The minimum atomic E-state index is 0.0967. The second-order valence-corrected chi connectivity index (χ2v) is 5.53. The normalized spacial score (nSPS) is 34.4. The molecule has 0 spiro atoms. The molecule has 0 aromatic heterocycles. The molecular weight excluding hydrogens is 212 g/mol. The van der Waals surface area contributed by atoms with Crippen molar-refractivity contribution in [3.8, 4) is 0 Å². The average molecular weight is 238 g/mol. The van der Waals surface area contributed by atoms with E-state index in [9.17, 15) is 4.79 Å². The lowest BCUT2D eigenvalue weighted by Gasteiger charge is -2.37. The van der Waals surface area contributed by atoms with Crippen LogP contribution in [0.4, 0.5) is 0 Å². The number of nitrogens with zero attached hydrogens (tertiary/aromatic N) is 1. The van der Waals surface area contributed by atoms with Gasteiger partial charge in [0.15, 0.2) is 0 Å². The van der Waals surface area contributed by atoms with Crippen molar-refractivity contribution in [3.05, 3.63) is 0 Å². The summed E-state index contributed by atoms with van der Waals surface area (Å²) in [6, 6.07) is 0.607. The van der Waals surface area contributed by atoms with Gasteiger partial charge in [-0.2, -0.15) is 0 Å². The highest BCUT2D eigenvalue weighted by Crippen LogP contribution is 2.32. The molecule has 0 aromatic rings. The van der Waals surface area contributed by atoms with E-state index in [0.29, 0.717) is 11.9 Å². The average Bonchev–Trinajstić information content (AvgIpc) is 2.72. The maximum Gasteiger partial charge on any atom is 0.241 e. The first-order valence-corrected chi connectivity index (χ1v) is 7.31. The minimum absolute atomic E-state index is 0.0967. The van der Waals surface area contributed by atoms with Crippen molar-refractivity contribution in [2.75, 3.05) is 6.67 Å². The molecule has 1 aliphatic heterocycles. The van der Waals surface area contributed by atoms with Crippen molar-refractivity contribution in [1.29, 1.82) is 0 Å². The zero-order valence-corrected chi connectivity index (χ0v) is 11.2. The summed E-state index contributed by atoms with van der Waals surface area (Å²) in [5.41, 5.74) is 0. The Kier molecular flexibility index (Phi) is 4.43. The van der Waals surface area contributed by atoms with Crippen molar-refractivity contribution < 1.29 is 4.79 Å². The first-order chi connectivity index (χ1) is 8.27. The monoisotopic (exact) mass is 238 g/mol. The fourth-order valence-electron chi connectivity index (χ4n) is 3.44. The Bertz CT molecular complexity index is 267. The van der Waals surface area contributed by atoms with E-state index in [1.165, 1.54) is 32.1 Å². The number of amides is 1. The van der Waals surface area contributed by atoms with Crippen LogP contribution in [0.25, 0.3) is 0 Å². The lowest BCUT2D eigenvalue weighted by molar-refractivity contribution is -0.132. The van der Waals surface area contributed by atoms with Gasteiger partial charge in [0, 0.05) is 6.04 Å². The molecule has 3 unspecified atom stereocenters. The molecule has 0 bridgehead atoms. The summed E-state index contributed by atoms with van der Waals surface area (Å²) in [5, 5.41) is 3.38. The molecule has 17 heavy (non-hydrogen) atoms. The smallest absolute Gasteiger partial charge is 0.241 e. The molecule has 0 aromatic carbocycles. The Morgan fingerprint density at radius 2 is 2.06 bits per heavy atom. The van der Waals surface area contributed by atoms with E-state index < -0.39 is 0 Å². The predicted molar refractivity (Wildman–Crippen MR) is 69.6 cm³/mol. The third kappa shape index (κ3) is 2.65. The van der Waals surface area contributed by atoms with Crippen LogP contribution in [0.5, 0.6) is 0 Å². The van der Waals surface area contributed by atoms with Gasteiger partial charge in [-0.3, -0.25) is 10.1 Å². The van der Waals surface area contributed by atoms with Gasteiger partial charge in [0.2, 0.25) is 5.91 Å². The van der Waals surface area contributed by atoms with Gasteiger partial charge < -0.3 is 4.90 Å². The van der Waals surface area contributed by atoms with Crippen LogP contribution in [-0.2, 0) is 4.79 Å². The van der Waals surface area contributed by atoms with Crippen LogP contribution in [0.2, 0.25) is 0 Å². The molecule has 0 radical (unpaired) electrons. The van der Waals surface area contributed by atoms with Gasteiger partial charge >= 0.3 is 0 Å². The standard InChI is InChI=1S/C14H26N2O/c1-3-7-12-14(17)16(10-15-12)13-9-6-5-8-11(13)4-2/h11-13,15H,3-10H2,1-2H3. The van der Waals surface area contributed by atoms with Gasteiger partial charge in [0.1, 0.15) is 0 Å². The van der Waals surface area contributed by atoms with Crippen LogP contribution in [0.1, 0.15) is 58.8 Å². The van der Waals surface area contributed by atoms with Gasteiger partial charge in [-0.1, -0.05) is 39.5 Å². The number of carbonyl (C=O) groups is 1. The maximum absolute atomic E-state index is 12.3. The molecule has 1 aliphatic carbocycles. The summed E-state index contributed by atoms with van der Waals surface area (Å²) in [4.78, 5) is 14.5. The number of nitrogens with one attached hydrogen (secondary N) is 1. The van der Waals surface area contributed by atoms with Gasteiger partial charge in [0.25, 0.3) is 0 Å². The zero-order valence-electron chi connectivity index (χ0n) is 11.2. The fraction of sp³-hybridized carbons (Fsp3) is 0.929. The predicted octanol–water partition coefficient (Wildman–Crippen LogP) is 2.51.